The molecule has 1 aromatic carbocycles. The van der Waals surface area contributed by atoms with Crippen LogP contribution in [0.2, 0.25) is 0 Å². The van der Waals surface area contributed by atoms with E-state index < -0.39 is 0 Å². The fourth-order valence-corrected chi connectivity index (χ4v) is 3.30. The Labute approximate surface area is 132 Å². The van der Waals surface area contributed by atoms with Gasteiger partial charge in [0.2, 0.25) is 5.56 Å². The molecule has 1 aliphatic rings. The fraction of sp³-hybridized carbons (Fsp3) is 0.421. The lowest BCUT2D eigenvalue weighted by atomic mass is 9.90. The highest BCUT2D eigenvalue weighted by molar-refractivity contribution is 5.15. The lowest BCUT2D eigenvalue weighted by Crippen LogP contribution is -2.34. The van der Waals surface area contributed by atoms with Crippen LogP contribution >= 0.6 is 0 Å². The van der Waals surface area contributed by atoms with Crippen molar-refractivity contribution in [2.45, 2.75) is 25.8 Å². The van der Waals surface area contributed by atoms with Crippen LogP contribution in [-0.2, 0) is 20.0 Å². The second kappa shape index (κ2) is 6.93. The van der Waals surface area contributed by atoms with Gasteiger partial charge in [0.1, 0.15) is 0 Å². The number of piperidine rings is 1. The van der Waals surface area contributed by atoms with Gasteiger partial charge >= 0.3 is 0 Å². The van der Waals surface area contributed by atoms with Gasteiger partial charge in [-0.25, -0.2) is 0 Å². The summed E-state index contributed by atoms with van der Waals surface area (Å²) in [6.07, 6.45) is 5.69. The Bertz CT molecular complexity index is 655. The molecular weight excluding hydrogens is 272 g/mol. The smallest absolute Gasteiger partial charge is 0.250 e. The minimum absolute atomic E-state index is 0.0605. The molecule has 3 rings (SSSR count). The van der Waals surface area contributed by atoms with E-state index in [4.69, 9.17) is 0 Å². The van der Waals surface area contributed by atoms with Gasteiger partial charge in [0.25, 0.3) is 0 Å². The normalized spacial score (nSPS) is 16.8. The Morgan fingerprint density at radius 1 is 1.00 bits per heavy atom. The van der Waals surface area contributed by atoms with Gasteiger partial charge in [-0.15, -0.1) is 0 Å². The topological polar surface area (TPSA) is 25.2 Å². The molecule has 1 saturated heterocycles. The van der Waals surface area contributed by atoms with Gasteiger partial charge in [-0.3, -0.25) is 9.69 Å². The van der Waals surface area contributed by atoms with Crippen LogP contribution in [0.25, 0.3) is 0 Å². The summed E-state index contributed by atoms with van der Waals surface area (Å²) < 4.78 is 1.66. The molecule has 1 aliphatic heterocycles. The monoisotopic (exact) mass is 296 g/mol. The van der Waals surface area contributed by atoms with Crippen LogP contribution in [0, 0.1) is 5.92 Å². The molecule has 2 heterocycles. The maximum Gasteiger partial charge on any atom is 0.250 e. The second-order valence-corrected chi connectivity index (χ2v) is 6.40. The summed E-state index contributed by atoms with van der Waals surface area (Å²) >= 11 is 0. The fourth-order valence-electron chi connectivity index (χ4n) is 3.30. The van der Waals surface area contributed by atoms with Crippen LogP contribution in [0.1, 0.15) is 24.0 Å². The van der Waals surface area contributed by atoms with Crippen LogP contribution in [-0.4, -0.2) is 22.6 Å². The quantitative estimate of drug-likeness (QED) is 0.867. The molecule has 0 radical (unpaired) electrons. The second-order valence-electron chi connectivity index (χ2n) is 6.40. The minimum Gasteiger partial charge on any atom is -0.318 e. The molecule has 0 unspecified atom stereocenters. The third-order valence-corrected chi connectivity index (χ3v) is 4.63. The molecule has 0 atom stereocenters. The van der Waals surface area contributed by atoms with Crippen LogP contribution in [0.5, 0.6) is 0 Å². The van der Waals surface area contributed by atoms with Crippen molar-refractivity contribution in [3.63, 3.8) is 0 Å². The number of aromatic nitrogens is 1. The SMILES string of the molecule is Cn1cc(CN2CCC(Cc3ccccc3)CC2)ccc1=O. The molecule has 3 nitrogen and oxygen atoms in total. The molecule has 0 bridgehead atoms. The number of hydrogen-bond donors (Lipinski definition) is 0. The third kappa shape index (κ3) is 3.86. The largest absolute Gasteiger partial charge is 0.318 e. The maximum absolute atomic E-state index is 11.4. The van der Waals surface area contributed by atoms with E-state index in [9.17, 15) is 4.79 Å². The summed E-state index contributed by atoms with van der Waals surface area (Å²) in [7, 11) is 1.82. The average molecular weight is 296 g/mol. The Balaban J connectivity index is 1.51. The number of rotatable bonds is 4. The molecule has 0 saturated carbocycles. The van der Waals surface area contributed by atoms with Crippen molar-refractivity contribution in [2.24, 2.45) is 13.0 Å². The van der Waals surface area contributed by atoms with Crippen LogP contribution < -0.4 is 5.56 Å². The summed E-state index contributed by atoms with van der Waals surface area (Å²) in [5, 5.41) is 0. The number of nitrogens with zero attached hydrogens (tertiary/aromatic N) is 2. The first-order chi connectivity index (χ1) is 10.7. The lowest BCUT2D eigenvalue weighted by molar-refractivity contribution is 0.176. The molecule has 22 heavy (non-hydrogen) atoms. The van der Waals surface area contributed by atoms with E-state index in [1.54, 1.807) is 10.6 Å². The zero-order valence-electron chi connectivity index (χ0n) is 13.2. The molecule has 1 aromatic heterocycles. The van der Waals surface area contributed by atoms with Crippen LogP contribution in [0.15, 0.2) is 53.5 Å². The van der Waals surface area contributed by atoms with Gasteiger partial charge in [-0.2, -0.15) is 0 Å². The van der Waals surface area contributed by atoms with E-state index in [0.29, 0.717) is 0 Å². The van der Waals surface area contributed by atoms with E-state index in [0.717, 1.165) is 25.6 Å². The summed E-state index contributed by atoms with van der Waals surface area (Å²) in [5.74, 6) is 0.804. The van der Waals surface area contributed by atoms with Gasteiger partial charge in [-0.1, -0.05) is 36.4 Å². The van der Waals surface area contributed by atoms with Crippen molar-refractivity contribution >= 4 is 0 Å². The Morgan fingerprint density at radius 2 is 1.73 bits per heavy atom. The van der Waals surface area contributed by atoms with Crippen LogP contribution in [0.3, 0.4) is 0 Å². The zero-order chi connectivity index (χ0) is 15.4. The summed E-state index contributed by atoms with van der Waals surface area (Å²) in [4.78, 5) is 13.9. The van der Waals surface area contributed by atoms with E-state index in [1.807, 2.05) is 19.3 Å². The number of pyridine rings is 1. The van der Waals surface area contributed by atoms with E-state index >= 15 is 0 Å². The zero-order valence-corrected chi connectivity index (χ0v) is 13.2. The third-order valence-electron chi connectivity index (χ3n) is 4.63. The van der Waals surface area contributed by atoms with Gasteiger partial charge in [-0.05, 0) is 49.4 Å². The number of hydrogen-bond acceptors (Lipinski definition) is 2. The standard InChI is InChI=1S/C19H24N2O/c1-20-14-18(7-8-19(20)22)15-21-11-9-17(10-12-21)13-16-5-3-2-4-6-16/h2-8,14,17H,9-13,15H2,1H3. The summed E-state index contributed by atoms with van der Waals surface area (Å²) in [6.45, 7) is 3.26. The van der Waals surface area contributed by atoms with Gasteiger partial charge in [0.15, 0.2) is 0 Å². The van der Waals surface area contributed by atoms with Crippen molar-refractivity contribution in [2.75, 3.05) is 13.1 Å². The Morgan fingerprint density at radius 3 is 2.41 bits per heavy atom. The van der Waals surface area contributed by atoms with Crippen molar-refractivity contribution in [1.82, 2.24) is 9.47 Å². The maximum atomic E-state index is 11.4. The van der Waals surface area contributed by atoms with Gasteiger partial charge < -0.3 is 4.57 Å². The predicted octanol–water partition coefficient (Wildman–Crippen LogP) is 2.84. The molecule has 3 heteroatoms. The molecular formula is C19H24N2O. The number of likely N-dealkylation sites (tertiary alicyclic amines) is 1. The van der Waals surface area contributed by atoms with Crippen molar-refractivity contribution in [3.8, 4) is 0 Å². The van der Waals surface area contributed by atoms with Crippen molar-refractivity contribution < 1.29 is 0 Å². The minimum atomic E-state index is 0.0605. The highest BCUT2D eigenvalue weighted by atomic mass is 16.1. The first kappa shape index (κ1) is 15.0. The lowest BCUT2D eigenvalue weighted by Gasteiger charge is -2.32. The van der Waals surface area contributed by atoms with E-state index in [1.165, 1.54) is 30.4 Å². The number of benzene rings is 1. The molecule has 0 aliphatic carbocycles. The molecule has 116 valence electrons. The first-order valence-electron chi connectivity index (χ1n) is 8.12. The highest BCUT2D eigenvalue weighted by Gasteiger charge is 2.19. The average Bonchev–Trinajstić information content (AvgIpc) is 2.54. The van der Waals surface area contributed by atoms with E-state index in [-0.39, 0.29) is 5.56 Å². The summed E-state index contributed by atoms with van der Waals surface area (Å²) in [5.41, 5.74) is 2.74. The highest BCUT2D eigenvalue weighted by Crippen LogP contribution is 2.22. The predicted molar refractivity (Wildman–Crippen MR) is 89.8 cm³/mol. The van der Waals surface area contributed by atoms with Crippen molar-refractivity contribution in [1.29, 1.82) is 0 Å². The molecule has 0 N–H and O–H groups in total. The van der Waals surface area contributed by atoms with Crippen LogP contribution in [0.4, 0.5) is 0 Å². The van der Waals surface area contributed by atoms with Gasteiger partial charge in [0.05, 0.1) is 0 Å². The van der Waals surface area contributed by atoms with Crippen molar-refractivity contribution in [3.05, 3.63) is 70.1 Å². The molecule has 2 aromatic rings. The molecule has 0 spiro atoms. The summed E-state index contributed by atoms with van der Waals surface area (Å²) in [6, 6.07) is 14.4. The Hall–Kier alpha value is -1.87. The Kier molecular flexibility index (Phi) is 4.74. The number of aryl methyl sites for hydroxylation is 1. The molecule has 0 amide bonds. The van der Waals surface area contributed by atoms with E-state index in [2.05, 4.69) is 35.2 Å². The molecule has 1 fully saturated rings. The van der Waals surface area contributed by atoms with Gasteiger partial charge in [0, 0.05) is 25.9 Å². The first-order valence-corrected chi connectivity index (χ1v) is 8.12.